The topological polar surface area (TPSA) is 82.3 Å². The minimum atomic E-state index is -3.71. The summed E-state index contributed by atoms with van der Waals surface area (Å²) in [5.41, 5.74) is 5.03. The number of carbonyl (C=O) groups excluding carboxylic acids is 1. The van der Waals surface area contributed by atoms with Gasteiger partial charge in [0.2, 0.25) is 0 Å². The van der Waals surface area contributed by atoms with Gasteiger partial charge in [-0.15, -0.1) is 0 Å². The van der Waals surface area contributed by atoms with Gasteiger partial charge < -0.3 is 9.88 Å². The molecule has 2 N–H and O–H groups in total. The van der Waals surface area contributed by atoms with Gasteiger partial charge in [-0.05, 0) is 85.7 Å². The first kappa shape index (κ1) is 23.2. The van der Waals surface area contributed by atoms with Gasteiger partial charge in [-0.3, -0.25) is 9.52 Å². The first-order valence-corrected chi connectivity index (χ1v) is 13.4. The van der Waals surface area contributed by atoms with E-state index in [1.54, 1.807) is 43.3 Å². The van der Waals surface area contributed by atoms with E-state index in [1.165, 1.54) is 10.9 Å². The van der Waals surface area contributed by atoms with Crippen LogP contribution in [0, 0.1) is 13.8 Å². The van der Waals surface area contributed by atoms with E-state index in [9.17, 15) is 13.2 Å². The summed E-state index contributed by atoms with van der Waals surface area (Å²) in [6.45, 7) is 5.04. The lowest BCUT2D eigenvalue weighted by molar-refractivity contribution is 0.0713. The Labute approximate surface area is 206 Å². The number of rotatable bonds is 5. The number of aromatic nitrogens is 1. The van der Waals surface area contributed by atoms with Gasteiger partial charge >= 0.3 is 0 Å². The lowest BCUT2D eigenvalue weighted by Crippen LogP contribution is -2.37. The number of fused-ring (bicyclic) bond motifs is 1. The molecule has 2 heterocycles. The van der Waals surface area contributed by atoms with Crippen LogP contribution in [0.1, 0.15) is 45.8 Å². The number of sulfonamides is 1. The largest absolute Gasteiger partial charge is 0.361 e. The Morgan fingerprint density at radius 2 is 1.69 bits per heavy atom. The molecule has 0 spiro atoms. The minimum Gasteiger partial charge on any atom is -0.361 e. The number of aryl methyl sites for hydroxylation is 2. The second kappa shape index (κ2) is 9.23. The lowest BCUT2D eigenvalue weighted by Gasteiger charge is -2.32. The third-order valence-electron chi connectivity index (χ3n) is 6.86. The smallest absolute Gasteiger partial charge is 0.262 e. The van der Waals surface area contributed by atoms with E-state index in [4.69, 9.17) is 0 Å². The van der Waals surface area contributed by atoms with Crippen LogP contribution >= 0.6 is 0 Å². The Balaban J connectivity index is 1.24. The number of carbonyl (C=O) groups is 1. The van der Waals surface area contributed by atoms with Gasteiger partial charge in [0.05, 0.1) is 4.90 Å². The van der Waals surface area contributed by atoms with Crippen molar-refractivity contribution in [2.24, 2.45) is 0 Å². The standard InChI is InChI=1S/C28H29N3O3S/c1-19-7-8-20(2)27(17-19)35(33,34)30-23-11-9-22(10-12-23)28(32)31-15-13-21(14-16-31)25-18-29-26-6-4-3-5-24(25)26/h3-12,17-18,21,29-30H,13-16H2,1-2H3. The van der Waals surface area contributed by atoms with E-state index in [-0.39, 0.29) is 10.8 Å². The van der Waals surface area contributed by atoms with Crippen LogP contribution in [0.5, 0.6) is 0 Å². The average Bonchev–Trinajstić information content (AvgIpc) is 3.30. The molecule has 0 radical (unpaired) electrons. The third-order valence-corrected chi connectivity index (χ3v) is 8.38. The van der Waals surface area contributed by atoms with Crippen LogP contribution in [0.25, 0.3) is 10.9 Å². The zero-order valence-electron chi connectivity index (χ0n) is 19.9. The number of piperidine rings is 1. The number of hydrogen-bond donors (Lipinski definition) is 2. The molecule has 0 saturated carbocycles. The van der Waals surface area contributed by atoms with Crippen molar-refractivity contribution in [2.45, 2.75) is 37.5 Å². The highest BCUT2D eigenvalue weighted by molar-refractivity contribution is 7.92. The molecule has 7 heteroatoms. The maximum Gasteiger partial charge on any atom is 0.262 e. The summed E-state index contributed by atoms with van der Waals surface area (Å²) in [6, 6.07) is 20.3. The van der Waals surface area contributed by atoms with Crippen LogP contribution in [-0.2, 0) is 10.0 Å². The van der Waals surface area contributed by atoms with E-state index in [2.05, 4.69) is 34.1 Å². The molecule has 3 aromatic carbocycles. The monoisotopic (exact) mass is 487 g/mol. The lowest BCUT2D eigenvalue weighted by atomic mass is 9.89. The highest BCUT2D eigenvalue weighted by atomic mass is 32.2. The Kier molecular flexibility index (Phi) is 6.11. The van der Waals surface area contributed by atoms with Crippen molar-refractivity contribution in [1.29, 1.82) is 0 Å². The number of nitrogens with zero attached hydrogens (tertiary/aromatic N) is 1. The van der Waals surface area contributed by atoms with Crippen molar-refractivity contribution in [3.8, 4) is 0 Å². The third kappa shape index (κ3) is 4.68. The molecule has 1 amide bonds. The molecule has 0 atom stereocenters. The number of amides is 1. The molecule has 5 rings (SSSR count). The average molecular weight is 488 g/mol. The van der Waals surface area contributed by atoms with Crippen LogP contribution in [-0.4, -0.2) is 37.3 Å². The molecule has 180 valence electrons. The molecular weight excluding hydrogens is 458 g/mol. The summed E-state index contributed by atoms with van der Waals surface area (Å²) in [6.07, 6.45) is 3.94. The fraction of sp³-hybridized carbons (Fsp3) is 0.250. The van der Waals surface area contributed by atoms with E-state index >= 15 is 0 Å². The fourth-order valence-corrected chi connectivity index (χ4v) is 6.28. The fourth-order valence-electron chi connectivity index (χ4n) is 4.90. The predicted molar refractivity (Wildman–Crippen MR) is 139 cm³/mol. The summed E-state index contributed by atoms with van der Waals surface area (Å²) in [5.74, 6) is 0.406. The van der Waals surface area contributed by atoms with Crippen molar-refractivity contribution in [2.75, 3.05) is 17.8 Å². The SMILES string of the molecule is Cc1ccc(C)c(S(=O)(=O)Nc2ccc(C(=O)N3CCC(c4c[nH]c5ccccc45)CC3)cc2)c1. The second-order valence-corrected chi connectivity index (χ2v) is 11.0. The van der Waals surface area contributed by atoms with E-state index in [1.807, 2.05) is 24.0 Å². The molecule has 1 aromatic heterocycles. The first-order chi connectivity index (χ1) is 16.8. The minimum absolute atomic E-state index is 0.0219. The summed E-state index contributed by atoms with van der Waals surface area (Å²) >= 11 is 0. The number of aromatic amines is 1. The molecule has 1 aliphatic rings. The second-order valence-electron chi connectivity index (χ2n) is 9.31. The van der Waals surface area contributed by atoms with Crippen molar-refractivity contribution in [1.82, 2.24) is 9.88 Å². The van der Waals surface area contributed by atoms with Crippen LogP contribution in [0.2, 0.25) is 0 Å². The Hall–Kier alpha value is -3.58. The van der Waals surface area contributed by atoms with Crippen LogP contribution in [0.4, 0.5) is 5.69 Å². The van der Waals surface area contributed by atoms with Gasteiger partial charge in [0, 0.05) is 41.4 Å². The summed E-state index contributed by atoms with van der Waals surface area (Å²) < 4.78 is 28.4. The van der Waals surface area contributed by atoms with Gasteiger partial charge in [-0.2, -0.15) is 0 Å². The molecule has 4 aromatic rings. The molecule has 0 aliphatic carbocycles. The maximum absolute atomic E-state index is 13.1. The molecule has 0 unspecified atom stereocenters. The zero-order chi connectivity index (χ0) is 24.6. The van der Waals surface area contributed by atoms with Crippen LogP contribution in [0.15, 0.2) is 77.8 Å². The van der Waals surface area contributed by atoms with Crippen molar-refractivity contribution in [3.05, 3.63) is 95.2 Å². The van der Waals surface area contributed by atoms with E-state index < -0.39 is 10.0 Å². The van der Waals surface area contributed by atoms with Gasteiger partial charge in [0.15, 0.2) is 0 Å². The Morgan fingerprint density at radius 1 is 0.971 bits per heavy atom. The van der Waals surface area contributed by atoms with Crippen molar-refractivity contribution >= 4 is 32.5 Å². The van der Waals surface area contributed by atoms with E-state index in [0.29, 0.717) is 35.8 Å². The number of nitrogens with one attached hydrogen (secondary N) is 2. The molecule has 1 fully saturated rings. The van der Waals surface area contributed by atoms with Crippen LogP contribution in [0.3, 0.4) is 0 Å². The molecule has 6 nitrogen and oxygen atoms in total. The number of hydrogen-bond acceptors (Lipinski definition) is 3. The first-order valence-electron chi connectivity index (χ1n) is 11.9. The number of anilines is 1. The Morgan fingerprint density at radius 3 is 2.43 bits per heavy atom. The highest BCUT2D eigenvalue weighted by Crippen LogP contribution is 2.33. The number of benzene rings is 3. The molecule has 1 saturated heterocycles. The number of para-hydroxylation sites is 1. The van der Waals surface area contributed by atoms with E-state index in [0.717, 1.165) is 23.9 Å². The quantitative estimate of drug-likeness (QED) is 0.384. The van der Waals surface area contributed by atoms with Gasteiger partial charge in [-0.1, -0.05) is 30.3 Å². The van der Waals surface area contributed by atoms with Crippen molar-refractivity contribution in [3.63, 3.8) is 0 Å². The number of likely N-dealkylation sites (tertiary alicyclic amines) is 1. The van der Waals surface area contributed by atoms with Gasteiger partial charge in [0.1, 0.15) is 0 Å². The Bertz CT molecular complexity index is 1480. The van der Waals surface area contributed by atoms with Crippen LogP contribution < -0.4 is 4.72 Å². The summed E-state index contributed by atoms with van der Waals surface area (Å²) in [5, 5.41) is 1.26. The number of H-pyrrole nitrogens is 1. The molecule has 1 aliphatic heterocycles. The molecular formula is C28H29N3O3S. The molecule has 0 bridgehead atoms. The summed E-state index contributed by atoms with van der Waals surface area (Å²) in [7, 11) is -3.71. The van der Waals surface area contributed by atoms with Crippen molar-refractivity contribution < 1.29 is 13.2 Å². The summed E-state index contributed by atoms with van der Waals surface area (Å²) in [4.78, 5) is 18.6. The molecule has 35 heavy (non-hydrogen) atoms. The normalized spacial score (nSPS) is 14.9. The zero-order valence-corrected chi connectivity index (χ0v) is 20.7. The maximum atomic E-state index is 13.1. The van der Waals surface area contributed by atoms with Gasteiger partial charge in [0.25, 0.3) is 15.9 Å². The predicted octanol–water partition coefficient (Wildman–Crippen LogP) is 5.61. The highest BCUT2D eigenvalue weighted by Gasteiger charge is 2.26. The van der Waals surface area contributed by atoms with Gasteiger partial charge in [-0.25, -0.2) is 8.42 Å².